The van der Waals surface area contributed by atoms with Crippen molar-refractivity contribution < 1.29 is 18.3 Å². The molecule has 4 rings (SSSR count). The highest BCUT2D eigenvalue weighted by Gasteiger charge is 2.32. The number of ether oxygens (including phenoxy) is 1. The number of furan rings is 1. The zero-order chi connectivity index (χ0) is 16.5. The summed E-state index contributed by atoms with van der Waals surface area (Å²) in [5, 5.41) is 0.601. The van der Waals surface area contributed by atoms with Crippen molar-refractivity contribution in [2.45, 2.75) is 6.04 Å². The number of benzene rings is 1. The first-order valence-corrected chi connectivity index (χ1v) is 7.70. The van der Waals surface area contributed by atoms with Crippen LogP contribution >= 0.6 is 0 Å². The van der Waals surface area contributed by atoms with Crippen LogP contribution in [0.3, 0.4) is 0 Å². The minimum atomic E-state index is -0.457. The minimum Gasteiger partial charge on any atom is -0.467 e. The van der Waals surface area contributed by atoms with E-state index in [1.807, 2.05) is 6.07 Å². The zero-order valence-corrected chi connectivity index (χ0v) is 12.8. The van der Waals surface area contributed by atoms with Gasteiger partial charge in [0.15, 0.2) is 0 Å². The Hall–Kier alpha value is -2.73. The van der Waals surface area contributed by atoms with Gasteiger partial charge in [-0.05, 0) is 30.3 Å². The molecule has 0 saturated carbocycles. The summed E-state index contributed by atoms with van der Waals surface area (Å²) in [6.07, 6.45) is 3.16. The van der Waals surface area contributed by atoms with Crippen LogP contribution in [0.15, 0.2) is 53.3 Å². The van der Waals surface area contributed by atoms with E-state index in [-0.39, 0.29) is 17.5 Å². The zero-order valence-electron chi connectivity index (χ0n) is 12.8. The lowest BCUT2D eigenvalue weighted by molar-refractivity contribution is -0.00868. The third-order valence-corrected chi connectivity index (χ3v) is 4.16. The predicted octanol–water partition coefficient (Wildman–Crippen LogP) is 3.18. The Kier molecular flexibility index (Phi) is 3.74. The lowest BCUT2D eigenvalue weighted by Crippen LogP contribution is -2.43. The molecule has 5 nitrogen and oxygen atoms in total. The van der Waals surface area contributed by atoms with Gasteiger partial charge in [0.25, 0.3) is 5.91 Å². The average molecular weight is 326 g/mol. The van der Waals surface area contributed by atoms with Gasteiger partial charge in [-0.15, -0.1) is 0 Å². The monoisotopic (exact) mass is 326 g/mol. The van der Waals surface area contributed by atoms with Gasteiger partial charge in [-0.2, -0.15) is 0 Å². The lowest BCUT2D eigenvalue weighted by atomic mass is 10.1. The predicted molar refractivity (Wildman–Crippen MR) is 85.0 cm³/mol. The van der Waals surface area contributed by atoms with Crippen LogP contribution in [0, 0.1) is 5.82 Å². The van der Waals surface area contributed by atoms with E-state index in [0.29, 0.717) is 36.4 Å². The van der Waals surface area contributed by atoms with Crippen molar-refractivity contribution in [3.8, 4) is 0 Å². The maximum absolute atomic E-state index is 14.0. The molecule has 0 bridgehead atoms. The number of aromatic nitrogens is 1. The highest BCUT2D eigenvalue weighted by Crippen LogP contribution is 2.28. The summed E-state index contributed by atoms with van der Waals surface area (Å²) in [6, 6.07) is 9.33. The molecule has 1 amide bonds. The molecule has 1 aliphatic rings. The molecule has 1 aliphatic heterocycles. The van der Waals surface area contributed by atoms with Crippen LogP contribution in [-0.2, 0) is 4.74 Å². The molecule has 1 saturated heterocycles. The number of fused-ring (bicyclic) bond motifs is 1. The molecule has 6 heteroatoms. The second-order valence-electron chi connectivity index (χ2n) is 5.63. The number of pyridine rings is 1. The van der Waals surface area contributed by atoms with E-state index in [0.717, 1.165) is 0 Å². The van der Waals surface area contributed by atoms with Crippen molar-refractivity contribution in [2.24, 2.45) is 0 Å². The first-order chi connectivity index (χ1) is 11.7. The van der Waals surface area contributed by atoms with Crippen molar-refractivity contribution in [1.29, 1.82) is 0 Å². The normalized spacial score (nSPS) is 18.0. The van der Waals surface area contributed by atoms with Gasteiger partial charge in [0.05, 0.1) is 30.6 Å². The molecule has 0 N–H and O–H groups in total. The van der Waals surface area contributed by atoms with Crippen LogP contribution in [0.4, 0.5) is 4.39 Å². The fraction of sp³-hybridized carbons (Fsp3) is 0.222. The Morgan fingerprint density at radius 2 is 2.21 bits per heavy atom. The summed E-state index contributed by atoms with van der Waals surface area (Å²) in [7, 11) is 0. The number of carbonyl (C=O) groups excluding carboxylic acids is 1. The molecule has 0 radical (unpaired) electrons. The number of halogens is 1. The Morgan fingerprint density at radius 3 is 3.04 bits per heavy atom. The molecule has 24 heavy (non-hydrogen) atoms. The summed E-state index contributed by atoms with van der Waals surface area (Å²) in [4.78, 5) is 19.0. The van der Waals surface area contributed by atoms with E-state index in [1.54, 1.807) is 35.6 Å². The largest absolute Gasteiger partial charge is 0.467 e. The molecule has 3 aromatic rings. The van der Waals surface area contributed by atoms with Gasteiger partial charge < -0.3 is 14.1 Å². The fourth-order valence-corrected chi connectivity index (χ4v) is 3.04. The Morgan fingerprint density at radius 1 is 1.29 bits per heavy atom. The van der Waals surface area contributed by atoms with Gasteiger partial charge >= 0.3 is 0 Å². The number of morpholine rings is 1. The van der Waals surface area contributed by atoms with E-state index >= 15 is 0 Å². The third-order valence-electron chi connectivity index (χ3n) is 4.16. The second-order valence-corrected chi connectivity index (χ2v) is 5.63. The van der Waals surface area contributed by atoms with Crippen LogP contribution < -0.4 is 0 Å². The SMILES string of the molecule is O=C(c1cc(F)cc2cccnc12)N1CCOCC1c1ccco1. The van der Waals surface area contributed by atoms with Crippen LogP contribution in [0.1, 0.15) is 22.2 Å². The topological polar surface area (TPSA) is 55.6 Å². The number of hydrogen-bond donors (Lipinski definition) is 0. The van der Waals surface area contributed by atoms with Gasteiger partial charge in [0, 0.05) is 18.1 Å². The molecule has 3 heterocycles. The lowest BCUT2D eigenvalue weighted by Gasteiger charge is -2.34. The molecule has 1 atom stereocenters. The average Bonchev–Trinajstić information content (AvgIpc) is 3.15. The molecule has 122 valence electrons. The number of carbonyl (C=O) groups is 1. The molecule has 0 aliphatic carbocycles. The quantitative estimate of drug-likeness (QED) is 0.726. The van der Waals surface area contributed by atoms with Crippen molar-refractivity contribution >= 4 is 16.8 Å². The maximum Gasteiger partial charge on any atom is 0.256 e. The van der Waals surface area contributed by atoms with Crippen LogP contribution in [-0.4, -0.2) is 35.5 Å². The fourth-order valence-electron chi connectivity index (χ4n) is 3.04. The first-order valence-electron chi connectivity index (χ1n) is 7.70. The summed E-state index contributed by atoms with van der Waals surface area (Å²) in [5.41, 5.74) is 0.748. The molecule has 0 spiro atoms. The molecular formula is C18H15FN2O3. The Balaban J connectivity index is 1.77. The first kappa shape index (κ1) is 14.8. The van der Waals surface area contributed by atoms with E-state index in [9.17, 15) is 9.18 Å². The van der Waals surface area contributed by atoms with E-state index in [2.05, 4.69) is 4.98 Å². The summed E-state index contributed by atoms with van der Waals surface area (Å²) >= 11 is 0. The Bertz CT molecular complexity index is 879. The van der Waals surface area contributed by atoms with Crippen molar-refractivity contribution in [3.63, 3.8) is 0 Å². The van der Waals surface area contributed by atoms with Gasteiger partial charge in [0.1, 0.15) is 17.6 Å². The van der Waals surface area contributed by atoms with Crippen LogP contribution in [0.5, 0.6) is 0 Å². The number of rotatable bonds is 2. The van der Waals surface area contributed by atoms with Gasteiger partial charge in [-0.1, -0.05) is 6.07 Å². The van der Waals surface area contributed by atoms with E-state index in [1.165, 1.54) is 12.1 Å². The standard InChI is InChI=1S/C18H15FN2O3/c19-13-9-12-3-1-5-20-17(12)14(10-13)18(22)21-6-8-23-11-15(21)16-4-2-7-24-16/h1-5,7,9-10,15H,6,8,11H2. The molecule has 2 aromatic heterocycles. The van der Waals surface area contributed by atoms with Gasteiger partial charge in [-0.25, -0.2) is 4.39 Å². The van der Waals surface area contributed by atoms with Gasteiger partial charge in [-0.3, -0.25) is 9.78 Å². The number of amides is 1. The number of hydrogen-bond acceptors (Lipinski definition) is 4. The highest BCUT2D eigenvalue weighted by atomic mass is 19.1. The smallest absolute Gasteiger partial charge is 0.256 e. The summed E-state index contributed by atoms with van der Waals surface area (Å²) in [6.45, 7) is 1.19. The van der Waals surface area contributed by atoms with Crippen LogP contribution in [0.25, 0.3) is 10.9 Å². The second kappa shape index (κ2) is 6.05. The summed E-state index contributed by atoms with van der Waals surface area (Å²) in [5.74, 6) is -0.0822. The maximum atomic E-state index is 14.0. The molecular weight excluding hydrogens is 311 g/mol. The molecule has 1 aromatic carbocycles. The number of nitrogens with zero attached hydrogens (tertiary/aromatic N) is 2. The van der Waals surface area contributed by atoms with E-state index < -0.39 is 5.82 Å². The highest BCUT2D eigenvalue weighted by molar-refractivity contribution is 6.05. The van der Waals surface area contributed by atoms with Crippen molar-refractivity contribution in [3.05, 3.63) is 66.0 Å². The Labute approximate surface area is 137 Å². The third kappa shape index (κ3) is 2.55. The molecule has 1 unspecified atom stereocenters. The van der Waals surface area contributed by atoms with Crippen molar-refractivity contribution in [2.75, 3.05) is 19.8 Å². The minimum absolute atomic E-state index is 0.254. The van der Waals surface area contributed by atoms with Crippen molar-refractivity contribution in [1.82, 2.24) is 9.88 Å². The summed E-state index contributed by atoms with van der Waals surface area (Å²) < 4.78 is 24.9. The van der Waals surface area contributed by atoms with Crippen LogP contribution in [0.2, 0.25) is 0 Å². The van der Waals surface area contributed by atoms with Gasteiger partial charge in [0.2, 0.25) is 0 Å². The van der Waals surface area contributed by atoms with E-state index in [4.69, 9.17) is 9.15 Å². The molecule has 1 fully saturated rings.